The SMILES string of the molecule is CCNc1ccc(C(=O)OCC)cc1NC(=O)c1cc(Cl)nc(Cl)c1. The highest BCUT2D eigenvalue weighted by Gasteiger charge is 2.14. The van der Waals surface area contributed by atoms with Crippen LogP contribution in [-0.4, -0.2) is 30.0 Å². The van der Waals surface area contributed by atoms with Gasteiger partial charge < -0.3 is 15.4 Å². The molecule has 25 heavy (non-hydrogen) atoms. The van der Waals surface area contributed by atoms with Crippen LogP contribution in [0, 0.1) is 0 Å². The number of nitrogens with zero attached hydrogens (tertiary/aromatic N) is 1. The van der Waals surface area contributed by atoms with Gasteiger partial charge in [0.2, 0.25) is 0 Å². The molecule has 0 radical (unpaired) electrons. The summed E-state index contributed by atoms with van der Waals surface area (Å²) < 4.78 is 4.99. The van der Waals surface area contributed by atoms with E-state index < -0.39 is 11.9 Å². The summed E-state index contributed by atoms with van der Waals surface area (Å²) in [5, 5.41) is 6.10. The number of aromatic nitrogens is 1. The quantitative estimate of drug-likeness (QED) is 0.577. The number of pyridine rings is 1. The number of esters is 1. The number of nitrogens with one attached hydrogen (secondary N) is 2. The molecule has 8 heteroatoms. The van der Waals surface area contributed by atoms with Crippen LogP contribution in [0.1, 0.15) is 34.6 Å². The molecule has 1 aromatic carbocycles. The van der Waals surface area contributed by atoms with Gasteiger partial charge in [0.1, 0.15) is 10.3 Å². The average Bonchev–Trinajstić information content (AvgIpc) is 2.56. The van der Waals surface area contributed by atoms with Crippen LogP contribution in [0.5, 0.6) is 0 Å². The fourth-order valence-electron chi connectivity index (χ4n) is 2.12. The van der Waals surface area contributed by atoms with Crippen molar-refractivity contribution >= 4 is 46.5 Å². The summed E-state index contributed by atoms with van der Waals surface area (Å²) in [6.07, 6.45) is 0. The molecular weight excluding hydrogens is 365 g/mol. The van der Waals surface area contributed by atoms with Gasteiger partial charge in [-0.25, -0.2) is 9.78 Å². The Hall–Kier alpha value is -2.31. The molecule has 0 aliphatic rings. The van der Waals surface area contributed by atoms with E-state index in [4.69, 9.17) is 27.9 Å². The summed E-state index contributed by atoms with van der Waals surface area (Å²) >= 11 is 11.7. The maximum Gasteiger partial charge on any atom is 0.338 e. The maximum absolute atomic E-state index is 12.5. The minimum absolute atomic E-state index is 0.116. The third kappa shape index (κ3) is 5.08. The second-order valence-corrected chi connectivity index (χ2v) is 5.74. The zero-order chi connectivity index (χ0) is 18.4. The molecule has 0 aliphatic heterocycles. The highest BCUT2D eigenvalue weighted by molar-refractivity contribution is 6.33. The number of amides is 1. The lowest BCUT2D eigenvalue weighted by molar-refractivity contribution is 0.0526. The van der Waals surface area contributed by atoms with Crippen molar-refractivity contribution in [2.24, 2.45) is 0 Å². The normalized spacial score (nSPS) is 10.2. The van der Waals surface area contributed by atoms with E-state index in [0.29, 0.717) is 23.5 Å². The van der Waals surface area contributed by atoms with Crippen LogP contribution >= 0.6 is 23.2 Å². The van der Waals surface area contributed by atoms with Gasteiger partial charge in [0.05, 0.1) is 23.5 Å². The molecule has 0 saturated carbocycles. The van der Waals surface area contributed by atoms with Gasteiger partial charge >= 0.3 is 5.97 Å². The molecule has 0 bridgehead atoms. The number of rotatable bonds is 6. The minimum atomic E-state index is -0.462. The molecule has 1 aromatic heterocycles. The van der Waals surface area contributed by atoms with E-state index in [1.165, 1.54) is 12.1 Å². The lowest BCUT2D eigenvalue weighted by Crippen LogP contribution is -2.15. The predicted molar refractivity (Wildman–Crippen MR) is 98.8 cm³/mol. The van der Waals surface area contributed by atoms with Crippen LogP contribution in [0.4, 0.5) is 11.4 Å². The molecular formula is C17H17Cl2N3O3. The molecule has 0 spiro atoms. The van der Waals surface area contributed by atoms with Crippen molar-refractivity contribution in [2.75, 3.05) is 23.8 Å². The molecule has 2 rings (SSSR count). The smallest absolute Gasteiger partial charge is 0.338 e. The van der Waals surface area contributed by atoms with E-state index in [9.17, 15) is 9.59 Å². The Labute approximate surface area is 155 Å². The first kappa shape index (κ1) is 19.0. The number of carbonyl (C=O) groups is 2. The molecule has 0 aliphatic carbocycles. The molecule has 1 amide bonds. The second kappa shape index (κ2) is 8.69. The van der Waals surface area contributed by atoms with Crippen LogP contribution in [0.15, 0.2) is 30.3 Å². The summed E-state index contributed by atoms with van der Waals surface area (Å²) in [5.74, 6) is -0.887. The Bertz CT molecular complexity index is 776. The number of hydrogen-bond donors (Lipinski definition) is 2. The summed E-state index contributed by atoms with van der Waals surface area (Å²) in [5.41, 5.74) is 1.72. The number of halogens is 2. The highest BCUT2D eigenvalue weighted by atomic mass is 35.5. The average molecular weight is 382 g/mol. The van der Waals surface area contributed by atoms with Gasteiger partial charge in [-0.1, -0.05) is 23.2 Å². The maximum atomic E-state index is 12.5. The van der Waals surface area contributed by atoms with E-state index in [2.05, 4.69) is 15.6 Å². The van der Waals surface area contributed by atoms with Crippen molar-refractivity contribution < 1.29 is 14.3 Å². The van der Waals surface area contributed by atoms with E-state index in [0.717, 1.165) is 0 Å². The summed E-state index contributed by atoms with van der Waals surface area (Å²) in [6.45, 7) is 4.57. The zero-order valence-corrected chi connectivity index (χ0v) is 15.2. The fraction of sp³-hybridized carbons (Fsp3) is 0.235. The Morgan fingerprint density at radius 3 is 2.32 bits per heavy atom. The van der Waals surface area contributed by atoms with Crippen LogP contribution in [-0.2, 0) is 4.74 Å². The largest absolute Gasteiger partial charge is 0.462 e. The lowest BCUT2D eigenvalue weighted by atomic mass is 10.1. The van der Waals surface area contributed by atoms with Crippen LogP contribution < -0.4 is 10.6 Å². The minimum Gasteiger partial charge on any atom is -0.462 e. The van der Waals surface area contributed by atoms with Crippen molar-refractivity contribution in [1.82, 2.24) is 4.98 Å². The molecule has 6 nitrogen and oxygen atoms in total. The van der Waals surface area contributed by atoms with E-state index >= 15 is 0 Å². The van der Waals surface area contributed by atoms with Crippen LogP contribution in [0.25, 0.3) is 0 Å². The number of ether oxygens (including phenoxy) is 1. The van der Waals surface area contributed by atoms with Gasteiger partial charge in [0.25, 0.3) is 5.91 Å². The van der Waals surface area contributed by atoms with Gasteiger partial charge in [-0.2, -0.15) is 0 Å². The summed E-state index contributed by atoms with van der Waals surface area (Å²) in [6, 6.07) is 7.71. The van der Waals surface area contributed by atoms with Crippen molar-refractivity contribution in [3.63, 3.8) is 0 Å². The highest BCUT2D eigenvalue weighted by Crippen LogP contribution is 2.25. The third-order valence-corrected chi connectivity index (χ3v) is 3.56. The number of carbonyl (C=O) groups excluding carboxylic acids is 2. The Morgan fingerprint density at radius 1 is 1.04 bits per heavy atom. The van der Waals surface area contributed by atoms with Crippen molar-refractivity contribution in [1.29, 1.82) is 0 Å². The second-order valence-electron chi connectivity index (χ2n) is 4.97. The van der Waals surface area contributed by atoms with Crippen LogP contribution in [0.3, 0.4) is 0 Å². The molecule has 0 saturated heterocycles. The molecule has 132 valence electrons. The van der Waals surface area contributed by atoms with Crippen molar-refractivity contribution in [2.45, 2.75) is 13.8 Å². The standard InChI is InChI=1S/C17H17Cl2N3O3/c1-3-20-12-6-5-10(17(24)25-4-2)7-13(12)21-16(23)11-8-14(18)22-15(19)9-11/h5-9,20H,3-4H2,1-2H3,(H,21,23). The molecule has 2 aromatic rings. The van der Waals surface area contributed by atoms with Crippen molar-refractivity contribution in [3.05, 3.63) is 51.8 Å². The van der Waals surface area contributed by atoms with Gasteiger partial charge in [0, 0.05) is 12.1 Å². The molecule has 0 unspecified atom stereocenters. The molecule has 0 atom stereocenters. The third-order valence-electron chi connectivity index (χ3n) is 3.17. The zero-order valence-electron chi connectivity index (χ0n) is 13.7. The summed E-state index contributed by atoms with van der Waals surface area (Å²) in [4.78, 5) is 28.2. The fourth-order valence-corrected chi connectivity index (χ4v) is 2.58. The first-order valence-electron chi connectivity index (χ1n) is 7.64. The molecule has 0 fully saturated rings. The van der Waals surface area contributed by atoms with Crippen LogP contribution in [0.2, 0.25) is 10.3 Å². The van der Waals surface area contributed by atoms with E-state index in [-0.39, 0.29) is 22.5 Å². The van der Waals surface area contributed by atoms with E-state index in [1.54, 1.807) is 25.1 Å². The Kier molecular flexibility index (Phi) is 6.61. The van der Waals surface area contributed by atoms with E-state index in [1.807, 2.05) is 6.92 Å². The van der Waals surface area contributed by atoms with Gasteiger partial charge in [0.15, 0.2) is 0 Å². The van der Waals surface area contributed by atoms with Gasteiger partial charge in [-0.15, -0.1) is 0 Å². The van der Waals surface area contributed by atoms with Gasteiger partial charge in [-0.3, -0.25) is 4.79 Å². The van der Waals surface area contributed by atoms with Gasteiger partial charge in [-0.05, 0) is 44.2 Å². The Balaban J connectivity index is 2.33. The number of anilines is 2. The first-order chi connectivity index (χ1) is 11.9. The monoisotopic (exact) mass is 381 g/mol. The molecule has 2 N–H and O–H groups in total. The predicted octanol–water partition coefficient (Wildman–Crippen LogP) is 4.25. The number of hydrogen-bond acceptors (Lipinski definition) is 5. The molecule has 1 heterocycles. The topological polar surface area (TPSA) is 80.3 Å². The number of benzene rings is 1. The first-order valence-corrected chi connectivity index (χ1v) is 8.39. The Morgan fingerprint density at radius 2 is 1.72 bits per heavy atom. The summed E-state index contributed by atoms with van der Waals surface area (Å²) in [7, 11) is 0. The lowest BCUT2D eigenvalue weighted by Gasteiger charge is -2.14. The van der Waals surface area contributed by atoms with Crippen molar-refractivity contribution in [3.8, 4) is 0 Å².